The molecule has 0 radical (unpaired) electrons. The van der Waals surface area contributed by atoms with E-state index in [0.29, 0.717) is 31.9 Å². The zero-order valence-electron chi connectivity index (χ0n) is 11.3. The number of benzene rings is 1. The maximum atomic E-state index is 11.1. The van der Waals surface area contributed by atoms with E-state index in [0.717, 1.165) is 11.9 Å². The smallest absolute Gasteiger partial charge is 0.338 e. The van der Waals surface area contributed by atoms with Gasteiger partial charge in [-0.25, -0.2) is 9.48 Å². The maximum absolute atomic E-state index is 11.1. The molecule has 20 heavy (non-hydrogen) atoms. The Labute approximate surface area is 116 Å². The Kier molecular flexibility index (Phi) is 5.03. The van der Waals surface area contributed by atoms with Gasteiger partial charge in [-0.1, -0.05) is 11.3 Å². The van der Waals surface area contributed by atoms with Gasteiger partial charge in [0.25, 0.3) is 0 Å². The molecule has 0 unspecified atom stereocenters. The Morgan fingerprint density at radius 3 is 2.95 bits per heavy atom. The van der Waals surface area contributed by atoms with Crippen molar-refractivity contribution in [3.63, 3.8) is 0 Å². The summed E-state index contributed by atoms with van der Waals surface area (Å²) in [4.78, 5) is 11.1. The molecule has 1 aromatic carbocycles. The minimum absolute atomic E-state index is 0.171. The van der Waals surface area contributed by atoms with Gasteiger partial charge >= 0.3 is 5.97 Å². The average molecular weight is 279 g/mol. The lowest BCUT2D eigenvalue weighted by molar-refractivity contribution is 0.0677. The summed E-state index contributed by atoms with van der Waals surface area (Å²) in [6.07, 6.45) is 0.777. The Bertz CT molecular complexity index is 582. The van der Waals surface area contributed by atoms with Crippen molar-refractivity contribution in [3.05, 3.63) is 23.8 Å². The molecule has 7 nitrogen and oxygen atoms in total. The molecular weight excluding hydrogens is 262 g/mol. The van der Waals surface area contributed by atoms with E-state index >= 15 is 0 Å². The van der Waals surface area contributed by atoms with Gasteiger partial charge in [0.05, 0.1) is 24.3 Å². The van der Waals surface area contributed by atoms with Gasteiger partial charge in [-0.3, -0.25) is 0 Å². The molecule has 1 N–H and O–H groups in total. The number of carboxylic acid groups (broad SMARTS) is 1. The number of aromatic nitrogens is 3. The molecule has 7 heteroatoms. The van der Waals surface area contributed by atoms with Gasteiger partial charge in [-0.2, -0.15) is 0 Å². The van der Waals surface area contributed by atoms with E-state index in [-0.39, 0.29) is 5.56 Å². The Morgan fingerprint density at radius 1 is 1.35 bits per heavy atom. The number of aromatic carboxylic acids is 1. The number of carboxylic acids is 1. The van der Waals surface area contributed by atoms with Crippen molar-refractivity contribution < 1.29 is 19.4 Å². The minimum Gasteiger partial charge on any atom is -0.478 e. The summed E-state index contributed by atoms with van der Waals surface area (Å²) >= 11 is 0. The summed E-state index contributed by atoms with van der Waals surface area (Å²) in [5, 5.41) is 17.0. The first kappa shape index (κ1) is 14.4. The number of carbonyl (C=O) groups is 1. The lowest BCUT2D eigenvalue weighted by Crippen LogP contribution is -2.07. The quantitative estimate of drug-likeness (QED) is 0.730. The van der Waals surface area contributed by atoms with Crippen LogP contribution in [-0.2, 0) is 16.0 Å². The lowest BCUT2D eigenvalue weighted by Gasteiger charge is -2.04. The molecule has 0 amide bonds. The van der Waals surface area contributed by atoms with Crippen molar-refractivity contribution in [2.45, 2.75) is 13.0 Å². The molecule has 0 spiro atoms. The van der Waals surface area contributed by atoms with Crippen LogP contribution in [0.4, 0.5) is 0 Å². The van der Waals surface area contributed by atoms with Gasteiger partial charge in [-0.15, -0.1) is 5.10 Å². The fourth-order valence-electron chi connectivity index (χ4n) is 1.89. The molecule has 0 saturated heterocycles. The molecule has 2 aromatic rings. The molecule has 0 aliphatic rings. The number of ether oxygens (including phenoxy) is 2. The number of hydrogen-bond acceptors (Lipinski definition) is 5. The summed E-state index contributed by atoms with van der Waals surface area (Å²) in [5.41, 5.74) is 1.31. The van der Waals surface area contributed by atoms with Crippen molar-refractivity contribution in [1.29, 1.82) is 0 Å². The molecular formula is C13H17N3O4. The van der Waals surface area contributed by atoms with Crippen LogP contribution in [0.15, 0.2) is 18.2 Å². The second-order valence-corrected chi connectivity index (χ2v) is 4.25. The Hall–Kier alpha value is -1.99. The van der Waals surface area contributed by atoms with Gasteiger partial charge in [-0.05, 0) is 18.6 Å². The normalized spacial score (nSPS) is 11.1. The van der Waals surface area contributed by atoms with Crippen molar-refractivity contribution >= 4 is 17.0 Å². The van der Waals surface area contributed by atoms with E-state index < -0.39 is 5.97 Å². The van der Waals surface area contributed by atoms with E-state index in [2.05, 4.69) is 10.3 Å². The predicted octanol–water partition coefficient (Wildman–Crippen LogP) is 1.18. The number of methoxy groups -OCH3 is 1. The lowest BCUT2D eigenvalue weighted by atomic mass is 10.2. The molecule has 2 rings (SSSR count). The van der Waals surface area contributed by atoms with Crippen LogP contribution in [0.25, 0.3) is 11.0 Å². The third-order valence-electron chi connectivity index (χ3n) is 2.87. The van der Waals surface area contributed by atoms with Crippen LogP contribution >= 0.6 is 0 Å². The number of nitrogens with zero attached hydrogens (tertiary/aromatic N) is 3. The van der Waals surface area contributed by atoms with Gasteiger partial charge in [0, 0.05) is 20.3 Å². The van der Waals surface area contributed by atoms with E-state index in [4.69, 9.17) is 14.6 Å². The topological polar surface area (TPSA) is 86.5 Å². The molecule has 0 bridgehead atoms. The van der Waals surface area contributed by atoms with Crippen molar-refractivity contribution in [3.8, 4) is 0 Å². The molecule has 0 saturated carbocycles. The fourth-order valence-corrected chi connectivity index (χ4v) is 1.89. The van der Waals surface area contributed by atoms with Crippen LogP contribution < -0.4 is 0 Å². The van der Waals surface area contributed by atoms with Crippen LogP contribution in [-0.4, -0.2) is 53.0 Å². The fraction of sp³-hybridized carbons (Fsp3) is 0.462. The second-order valence-electron chi connectivity index (χ2n) is 4.25. The van der Waals surface area contributed by atoms with Crippen molar-refractivity contribution in [2.24, 2.45) is 0 Å². The highest BCUT2D eigenvalue weighted by Crippen LogP contribution is 2.16. The molecule has 1 heterocycles. The molecule has 108 valence electrons. The zero-order chi connectivity index (χ0) is 14.4. The highest BCUT2D eigenvalue weighted by atomic mass is 16.5. The van der Waals surface area contributed by atoms with Crippen LogP contribution in [0.1, 0.15) is 16.8 Å². The molecule has 0 atom stereocenters. The molecule has 0 aliphatic carbocycles. The molecule has 1 aromatic heterocycles. The first-order chi connectivity index (χ1) is 9.74. The van der Waals surface area contributed by atoms with Gasteiger partial charge in [0.2, 0.25) is 0 Å². The predicted molar refractivity (Wildman–Crippen MR) is 71.8 cm³/mol. The van der Waals surface area contributed by atoms with Crippen LogP contribution in [0.3, 0.4) is 0 Å². The maximum Gasteiger partial charge on any atom is 0.338 e. The number of fused-ring (bicyclic) bond motifs is 1. The minimum atomic E-state index is -0.995. The number of rotatable bonds is 8. The van der Waals surface area contributed by atoms with E-state index in [9.17, 15) is 4.79 Å². The third-order valence-corrected chi connectivity index (χ3v) is 2.87. The van der Waals surface area contributed by atoms with E-state index in [1.165, 1.54) is 6.07 Å². The monoisotopic (exact) mass is 279 g/mol. The van der Waals surface area contributed by atoms with Crippen molar-refractivity contribution in [1.82, 2.24) is 15.0 Å². The first-order valence-corrected chi connectivity index (χ1v) is 6.36. The molecule has 0 aliphatic heterocycles. The van der Waals surface area contributed by atoms with Crippen LogP contribution in [0.2, 0.25) is 0 Å². The van der Waals surface area contributed by atoms with Gasteiger partial charge in [0.1, 0.15) is 5.52 Å². The van der Waals surface area contributed by atoms with Crippen molar-refractivity contribution in [2.75, 3.05) is 26.9 Å². The standard InChI is InChI=1S/C13H17N3O4/c1-19-8-9-20-7-3-6-16-11-5-2-4-10(13(17)18)12(11)14-15-16/h2,4-5H,3,6-9H2,1H3,(H,17,18). The summed E-state index contributed by atoms with van der Waals surface area (Å²) < 4.78 is 11.9. The number of hydrogen-bond donors (Lipinski definition) is 1. The highest BCUT2D eigenvalue weighted by Gasteiger charge is 2.13. The van der Waals surface area contributed by atoms with Crippen LogP contribution in [0.5, 0.6) is 0 Å². The largest absolute Gasteiger partial charge is 0.478 e. The van der Waals surface area contributed by atoms with Gasteiger partial charge < -0.3 is 14.6 Å². The van der Waals surface area contributed by atoms with E-state index in [1.54, 1.807) is 17.9 Å². The first-order valence-electron chi connectivity index (χ1n) is 6.36. The Balaban J connectivity index is 1.98. The van der Waals surface area contributed by atoms with E-state index in [1.807, 2.05) is 6.07 Å². The average Bonchev–Trinajstić information content (AvgIpc) is 2.85. The third kappa shape index (κ3) is 3.31. The number of aryl methyl sites for hydroxylation is 1. The van der Waals surface area contributed by atoms with Crippen LogP contribution in [0, 0.1) is 0 Å². The highest BCUT2D eigenvalue weighted by molar-refractivity contribution is 6.00. The zero-order valence-corrected chi connectivity index (χ0v) is 11.3. The summed E-state index contributed by atoms with van der Waals surface area (Å²) in [7, 11) is 1.63. The SMILES string of the molecule is COCCOCCCn1nnc2c(C(=O)O)cccc21. The summed E-state index contributed by atoms with van der Waals surface area (Å²) in [5.74, 6) is -0.995. The van der Waals surface area contributed by atoms with Gasteiger partial charge in [0.15, 0.2) is 0 Å². The second kappa shape index (κ2) is 6.97. The summed E-state index contributed by atoms with van der Waals surface area (Å²) in [6.45, 7) is 2.38. The summed E-state index contributed by atoms with van der Waals surface area (Å²) in [6, 6.07) is 5.03. The Morgan fingerprint density at radius 2 is 2.20 bits per heavy atom. The molecule has 0 fully saturated rings.